The topological polar surface area (TPSA) is 75.9 Å². The molecular weight excluding hydrogens is 365 g/mol. The van der Waals surface area contributed by atoms with Crippen molar-refractivity contribution < 1.29 is 18.8 Å². The maximum Gasteiger partial charge on any atom is 0.269 e. The van der Waals surface area contributed by atoms with E-state index in [2.05, 4.69) is 4.90 Å². The summed E-state index contributed by atoms with van der Waals surface area (Å²) in [6.07, 6.45) is 0.224. The van der Waals surface area contributed by atoms with Gasteiger partial charge in [-0.05, 0) is 23.3 Å². The molecule has 1 fully saturated rings. The summed E-state index contributed by atoms with van der Waals surface area (Å²) in [6.45, 7) is 3.24. The van der Waals surface area contributed by atoms with Gasteiger partial charge in [0.1, 0.15) is 0 Å². The van der Waals surface area contributed by atoms with Gasteiger partial charge in [-0.3, -0.25) is 19.8 Å². The van der Waals surface area contributed by atoms with Crippen LogP contribution >= 0.6 is 0 Å². The van der Waals surface area contributed by atoms with Crippen molar-refractivity contribution >= 4 is 11.6 Å². The number of benzene rings is 2. The number of nitrogens with zero attached hydrogens (tertiary/aromatic N) is 3. The van der Waals surface area contributed by atoms with Gasteiger partial charge in [-0.25, -0.2) is 4.39 Å². The number of amides is 1. The highest BCUT2D eigenvalue weighted by Gasteiger charge is 2.21. The molecule has 0 saturated carbocycles. The van der Waals surface area contributed by atoms with Crippen LogP contribution in [-0.2, 0) is 17.8 Å². The molecule has 0 atom stereocenters. The second-order valence-electron chi connectivity index (χ2n) is 6.73. The Kier molecular flexibility index (Phi) is 6.20. The molecule has 0 aliphatic carbocycles. The summed E-state index contributed by atoms with van der Waals surface area (Å²) in [7, 11) is 1.44. The van der Waals surface area contributed by atoms with Gasteiger partial charge in [-0.15, -0.1) is 0 Å². The Labute approximate surface area is 162 Å². The van der Waals surface area contributed by atoms with Crippen LogP contribution < -0.4 is 4.74 Å². The van der Waals surface area contributed by atoms with E-state index in [1.54, 1.807) is 23.1 Å². The lowest BCUT2D eigenvalue weighted by Crippen LogP contribution is -2.48. The number of hydrogen-bond acceptors (Lipinski definition) is 5. The maximum absolute atomic E-state index is 13.8. The van der Waals surface area contributed by atoms with Crippen molar-refractivity contribution in [3.63, 3.8) is 0 Å². The molecular formula is C20H22FN3O4. The van der Waals surface area contributed by atoms with Crippen molar-refractivity contribution in [3.8, 4) is 5.75 Å². The van der Waals surface area contributed by atoms with Gasteiger partial charge in [0.25, 0.3) is 5.69 Å². The van der Waals surface area contributed by atoms with Crippen LogP contribution in [0.25, 0.3) is 0 Å². The van der Waals surface area contributed by atoms with Gasteiger partial charge in [-0.1, -0.05) is 18.2 Å². The van der Waals surface area contributed by atoms with Crippen LogP contribution in [0.15, 0.2) is 42.5 Å². The van der Waals surface area contributed by atoms with E-state index in [1.165, 1.54) is 25.3 Å². The van der Waals surface area contributed by atoms with Gasteiger partial charge < -0.3 is 9.64 Å². The largest absolute Gasteiger partial charge is 0.494 e. The predicted molar refractivity (Wildman–Crippen MR) is 102 cm³/mol. The van der Waals surface area contributed by atoms with Crippen LogP contribution in [0, 0.1) is 15.9 Å². The third-order valence-corrected chi connectivity index (χ3v) is 4.85. The lowest BCUT2D eigenvalue weighted by atomic mass is 10.1. The minimum atomic E-state index is -0.459. The molecule has 148 valence electrons. The number of nitro benzene ring substituents is 1. The quantitative estimate of drug-likeness (QED) is 0.563. The van der Waals surface area contributed by atoms with E-state index < -0.39 is 4.92 Å². The first kappa shape index (κ1) is 19.8. The molecule has 0 radical (unpaired) electrons. The van der Waals surface area contributed by atoms with E-state index in [1.807, 2.05) is 6.07 Å². The minimum absolute atomic E-state index is 0.00370. The van der Waals surface area contributed by atoms with Crippen molar-refractivity contribution in [3.05, 3.63) is 69.5 Å². The molecule has 1 heterocycles. The fourth-order valence-corrected chi connectivity index (χ4v) is 3.24. The van der Waals surface area contributed by atoms with Crippen molar-refractivity contribution in [2.24, 2.45) is 0 Å². The van der Waals surface area contributed by atoms with Crippen LogP contribution in [0.4, 0.5) is 10.1 Å². The van der Waals surface area contributed by atoms with Crippen molar-refractivity contribution in [2.75, 3.05) is 33.3 Å². The molecule has 8 heteroatoms. The molecule has 28 heavy (non-hydrogen) atoms. The Bertz CT molecular complexity index is 849. The number of piperazine rings is 1. The first-order chi connectivity index (χ1) is 13.5. The second-order valence-corrected chi connectivity index (χ2v) is 6.73. The van der Waals surface area contributed by atoms with E-state index >= 15 is 0 Å². The molecule has 1 aliphatic heterocycles. The summed E-state index contributed by atoms with van der Waals surface area (Å²) < 4.78 is 18.7. The molecule has 0 bridgehead atoms. The Hall–Kier alpha value is -3.00. The minimum Gasteiger partial charge on any atom is -0.494 e. The average Bonchev–Trinajstić information content (AvgIpc) is 2.69. The number of rotatable bonds is 6. The average molecular weight is 387 g/mol. The van der Waals surface area contributed by atoms with Gasteiger partial charge in [0, 0.05) is 44.9 Å². The summed E-state index contributed by atoms with van der Waals surface area (Å²) in [6, 6.07) is 11.0. The number of methoxy groups -OCH3 is 1. The van der Waals surface area contributed by atoms with Crippen LogP contribution in [0.3, 0.4) is 0 Å². The van der Waals surface area contributed by atoms with Crippen LogP contribution in [0.5, 0.6) is 5.75 Å². The Morgan fingerprint density at radius 1 is 1.11 bits per heavy atom. The third kappa shape index (κ3) is 4.83. The van der Waals surface area contributed by atoms with Gasteiger partial charge >= 0.3 is 0 Å². The highest BCUT2D eigenvalue weighted by Crippen LogP contribution is 2.19. The smallest absolute Gasteiger partial charge is 0.269 e. The number of carbonyl (C=O) groups is 1. The van der Waals surface area contributed by atoms with Gasteiger partial charge in [0.05, 0.1) is 18.5 Å². The monoisotopic (exact) mass is 387 g/mol. The van der Waals surface area contributed by atoms with Crippen LogP contribution in [0.1, 0.15) is 11.1 Å². The van der Waals surface area contributed by atoms with Crippen LogP contribution in [0.2, 0.25) is 0 Å². The zero-order chi connectivity index (χ0) is 20.1. The molecule has 2 aromatic rings. The first-order valence-corrected chi connectivity index (χ1v) is 9.02. The predicted octanol–water partition coefficient (Wildman–Crippen LogP) is 2.63. The fourth-order valence-electron chi connectivity index (χ4n) is 3.24. The van der Waals surface area contributed by atoms with E-state index in [0.717, 1.165) is 11.1 Å². The molecule has 2 aromatic carbocycles. The second kappa shape index (κ2) is 8.79. The van der Waals surface area contributed by atoms with E-state index in [0.29, 0.717) is 32.7 Å². The number of halogens is 1. The van der Waals surface area contributed by atoms with E-state index in [-0.39, 0.29) is 29.6 Å². The van der Waals surface area contributed by atoms with Gasteiger partial charge in [0.15, 0.2) is 11.6 Å². The summed E-state index contributed by atoms with van der Waals surface area (Å²) in [5, 5.41) is 10.7. The number of hydrogen-bond donors (Lipinski definition) is 0. The SMILES string of the molecule is COc1ccc(CN2CCN(C(=O)Cc3ccc([N+](=O)[O-])cc3)CC2)cc1F. The van der Waals surface area contributed by atoms with Crippen LogP contribution in [-0.4, -0.2) is 53.9 Å². The number of nitro groups is 1. The Balaban J connectivity index is 1.49. The lowest BCUT2D eigenvalue weighted by molar-refractivity contribution is -0.384. The molecule has 3 rings (SSSR count). The summed E-state index contributed by atoms with van der Waals surface area (Å²) in [5.41, 5.74) is 1.63. The number of non-ortho nitro benzene ring substituents is 1. The molecule has 1 amide bonds. The van der Waals surface area contributed by atoms with E-state index in [4.69, 9.17) is 4.74 Å². The van der Waals surface area contributed by atoms with Crippen molar-refractivity contribution in [1.29, 1.82) is 0 Å². The Morgan fingerprint density at radius 3 is 2.32 bits per heavy atom. The molecule has 0 unspecified atom stereocenters. The summed E-state index contributed by atoms with van der Waals surface area (Å²) in [5.74, 6) is -0.147. The zero-order valence-corrected chi connectivity index (χ0v) is 15.6. The number of ether oxygens (including phenoxy) is 1. The summed E-state index contributed by atoms with van der Waals surface area (Å²) >= 11 is 0. The third-order valence-electron chi connectivity index (χ3n) is 4.85. The van der Waals surface area contributed by atoms with Gasteiger partial charge in [0.2, 0.25) is 5.91 Å². The molecule has 7 nitrogen and oxygen atoms in total. The molecule has 0 spiro atoms. The molecule has 0 N–H and O–H groups in total. The Morgan fingerprint density at radius 2 is 1.75 bits per heavy atom. The van der Waals surface area contributed by atoms with Gasteiger partial charge in [-0.2, -0.15) is 0 Å². The standard InChI is InChI=1S/C20H22FN3O4/c1-28-19-7-4-16(12-18(19)21)14-22-8-10-23(11-9-22)20(25)13-15-2-5-17(6-3-15)24(26)27/h2-7,12H,8-11,13-14H2,1H3. The number of carbonyl (C=O) groups excluding carboxylic acids is 1. The molecule has 1 aliphatic rings. The first-order valence-electron chi connectivity index (χ1n) is 9.02. The van der Waals surface area contributed by atoms with Crippen molar-refractivity contribution in [2.45, 2.75) is 13.0 Å². The normalized spacial score (nSPS) is 14.7. The molecule has 1 saturated heterocycles. The molecule has 0 aromatic heterocycles. The summed E-state index contributed by atoms with van der Waals surface area (Å²) in [4.78, 5) is 26.7. The van der Waals surface area contributed by atoms with E-state index in [9.17, 15) is 19.3 Å². The van der Waals surface area contributed by atoms with Crippen molar-refractivity contribution in [1.82, 2.24) is 9.80 Å². The fraction of sp³-hybridized carbons (Fsp3) is 0.350. The highest BCUT2D eigenvalue weighted by molar-refractivity contribution is 5.79. The maximum atomic E-state index is 13.8. The highest BCUT2D eigenvalue weighted by atomic mass is 19.1. The lowest BCUT2D eigenvalue weighted by Gasteiger charge is -2.35. The zero-order valence-electron chi connectivity index (χ0n) is 15.6.